The van der Waals surface area contributed by atoms with Crippen LogP contribution >= 0.6 is 22.9 Å². The van der Waals surface area contributed by atoms with Crippen molar-refractivity contribution in [1.82, 2.24) is 4.98 Å². The van der Waals surface area contributed by atoms with Crippen molar-refractivity contribution in [2.45, 2.75) is 0 Å². The first-order valence-corrected chi connectivity index (χ1v) is 6.39. The van der Waals surface area contributed by atoms with Gasteiger partial charge in [-0.1, -0.05) is 11.6 Å². The van der Waals surface area contributed by atoms with Crippen molar-refractivity contribution in [1.29, 1.82) is 0 Å². The van der Waals surface area contributed by atoms with Crippen molar-refractivity contribution in [3.05, 3.63) is 34.8 Å². The summed E-state index contributed by atoms with van der Waals surface area (Å²) < 4.78 is 0. The SMILES string of the molecule is Nc1ccc(NC(=O)C(=O)Nc2nccs2)c(Cl)c1. The minimum absolute atomic E-state index is 0.260. The van der Waals surface area contributed by atoms with Gasteiger partial charge in [-0.15, -0.1) is 11.3 Å². The van der Waals surface area contributed by atoms with Crippen LogP contribution < -0.4 is 16.4 Å². The maximum Gasteiger partial charge on any atom is 0.315 e. The molecule has 0 saturated carbocycles. The Labute approximate surface area is 117 Å². The van der Waals surface area contributed by atoms with Gasteiger partial charge in [-0.3, -0.25) is 14.9 Å². The van der Waals surface area contributed by atoms with Crippen LogP contribution in [-0.2, 0) is 9.59 Å². The van der Waals surface area contributed by atoms with E-state index in [-0.39, 0.29) is 5.02 Å². The number of halogens is 1. The highest BCUT2D eigenvalue weighted by atomic mass is 35.5. The molecule has 1 aromatic heterocycles. The van der Waals surface area contributed by atoms with Crippen molar-refractivity contribution < 1.29 is 9.59 Å². The maximum absolute atomic E-state index is 11.6. The topological polar surface area (TPSA) is 97.1 Å². The summed E-state index contributed by atoms with van der Waals surface area (Å²) in [4.78, 5) is 27.0. The fourth-order valence-corrected chi connectivity index (χ4v) is 2.01. The second-order valence-electron chi connectivity index (χ2n) is 3.48. The number of amides is 2. The number of benzene rings is 1. The number of anilines is 3. The standard InChI is InChI=1S/C11H9ClN4O2S/c12-7-5-6(13)1-2-8(7)15-9(17)10(18)16-11-14-3-4-19-11/h1-5H,13H2,(H,15,17)(H,14,16,18). The Balaban J connectivity index is 2.02. The van der Waals surface area contributed by atoms with Gasteiger partial charge >= 0.3 is 11.8 Å². The van der Waals surface area contributed by atoms with Crippen LogP contribution in [0.2, 0.25) is 5.02 Å². The molecule has 8 heteroatoms. The monoisotopic (exact) mass is 296 g/mol. The van der Waals surface area contributed by atoms with Crippen LogP contribution in [0.1, 0.15) is 0 Å². The first kappa shape index (κ1) is 13.3. The molecule has 0 radical (unpaired) electrons. The van der Waals surface area contributed by atoms with Gasteiger partial charge in [-0.05, 0) is 18.2 Å². The van der Waals surface area contributed by atoms with Crippen molar-refractivity contribution in [3.63, 3.8) is 0 Å². The van der Waals surface area contributed by atoms with Gasteiger partial charge in [0, 0.05) is 17.3 Å². The van der Waals surface area contributed by atoms with E-state index < -0.39 is 11.8 Å². The highest BCUT2D eigenvalue weighted by Gasteiger charge is 2.16. The molecule has 6 nitrogen and oxygen atoms in total. The summed E-state index contributed by atoms with van der Waals surface area (Å²) in [7, 11) is 0. The van der Waals surface area contributed by atoms with Gasteiger partial charge in [-0.25, -0.2) is 4.98 Å². The van der Waals surface area contributed by atoms with Crippen LogP contribution in [0.4, 0.5) is 16.5 Å². The predicted molar refractivity (Wildman–Crippen MR) is 75.2 cm³/mol. The third-order valence-electron chi connectivity index (χ3n) is 2.10. The molecule has 0 spiro atoms. The lowest BCUT2D eigenvalue weighted by Gasteiger charge is -2.07. The summed E-state index contributed by atoms with van der Waals surface area (Å²) in [5, 5.41) is 7.04. The number of nitrogens with two attached hydrogens (primary N) is 1. The number of nitrogens with one attached hydrogen (secondary N) is 2. The van der Waals surface area contributed by atoms with E-state index in [1.165, 1.54) is 29.7 Å². The molecule has 0 atom stereocenters. The molecule has 19 heavy (non-hydrogen) atoms. The molecule has 1 aromatic carbocycles. The van der Waals surface area contributed by atoms with Crippen molar-refractivity contribution in [2.24, 2.45) is 0 Å². The number of nitrogens with zero attached hydrogens (tertiary/aromatic N) is 1. The fourth-order valence-electron chi connectivity index (χ4n) is 1.25. The number of hydrogen-bond acceptors (Lipinski definition) is 5. The van der Waals surface area contributed by atoms with Crippen molar-refractivity contribution in [2.75, 3.05) is 16.4 Å². The van der Waals surface area contributed by atoms with E-state index in [1.807, 2.05) is 0 Å². The van der Waals surface area contributed by atoms with E-state index in [0.717, 1.165) is 0 Å². The highest BCUT2D eigenvalue weighted by Crippen LogP contribution is 2.24. The molecule has 2 amide bonds. The van der Waals surface area contributed by atoms with Gasteiger partial charge < -0.3 is 11.1 Å². The van der Waals surface area contributed by atoms with E-state index in [0.29, 0.717) is 16.5 Å². The third kappa shape index (κ3) is 3.43. The normalized spacial score (nSPS) is 9.95. The summed E-state index contributed by atoms with van der Waals surface area (Å²) in [6.07, 6.45) is 1.52. The Bertz CT molecular complexity index is 615. The summed E-state index contributed by atoms with van der Waals surface area (Å²) >= 11 is 7.10. The predicted octanol–water partition coefficient (Wildman–Crippen LogP) is 1.96. The van der Waals surface area contributed by atoms with Gasteiger partial charge in [0.15, 0.2) is 5.13 Å². The molecule has 2 aromatic rings. The summed E-state index contributed by atoms with van der Waals surface area (Å²) in [6.45, 7) is 0. The second kappa shape index (κ2) is 5.68. The average molecular weight is 297 g/mol. The molecule has 4 N–H and O–H groups in total. The first-order chi connectivity index (χ1) is 9.06. The van der Waals surface area contributed by atoms with E-state index in [1.54, 1.807) is 11.4 Å². The largest absolute Gasteiger partial charge is 0.399 e. The van der Waals surface area contributed by atoms with Gasteiger partial charge in [0.2, 0.25) is 0 Å². The van der Waals surface area contributed by atoms with Crippen LogP contribution in [0.5, 0.6) is 0 Å². The summed E-state index contributed by atoms with van der Waals surface area (Å²) in [5.74, 6) is -1.65. The number of aromatic nitrogens is 1. The molecular formula is C11H9ClN4O2S. The Morgan fingerprint density at radius 3 is 2.63 bits per heavy atom. The van der Waals surface area contributed by atoms with E-state index in [2.05, 4.69) is 15.6 Å². The first-order valence-electron chi connectivity index (χ1n) is 5.13. The smallest absolute Gasteiger partial charge is 0.315 e. The zero-order chi connectivity index (χ0) is 13.8. The van der Waals surface area contributed by atoms with Gasteiger partial charge in [0.25, 0.3) is 0 Å². The van der Waals surface area contributed by atoms with Crippen molar-refractivity contribution in [3.8, 4) is 0 Å². The number of carbonyl (C=O) groups excluding carboxylic acids is 2. The van der Waals surface area contributed by atoms with Crippen molar-refractivity contribution >= 4 is 51.3 Å². The van der Waals surface area contributed by atoms with Crippen LogP contribution in [0.15, 0.2) is 29.8 Å². The maximum atomic E-state index is 11.6. The van der Waals surface area contributed by atoms with Gasteiger partial charge in [0.1, 0.15) is 0 Å². The highest BCUT2D eigenvalue weighted by molar-refractivity contribution is 7.13. The van der Waals surface area contributed by atoms with E-state index in [9.17, 15) is 9.59 Å². The zero-order valence-corrected chi connectivity index (χ0v) is 11.1. The Hall–Kier alpha value is -2.12. The van der Waals surface area contributed by atoms with Crippen LogP contribution in [-0.4, -0.2) is 16.8 Å². The number of hydrogen-bond donors (Lipinski definition) is 3. The fraction of sp³-hybridized carbons (Fsp3) is 0. The molecule has 2 rings (SSSR count). The zero-order valence-electron chi connectivity index (χ0n) is 9.51. The molecule has 0 bridgehead atoms. The van der Waals surface area contributed by atoms with Crippen LogP contribution in [0.25, 0.3) is 0 Å². The minimum Gasteiger partial charge on any atom is -0.399 e. The van der Waals surface area contributed by atoms with E-state index >= 15 is 0 Å². The van der Waals surface area contributed by atoms with E-state index in [4.69, 9.17) is 17.3 Å². The third-order valence-corrected chi connectivity index (χ3v) is 3.10. The lowest BCUT2D eigenvalue weighted by atomic mass is 10.3. The molecule has 0 aliphatic carbocycles. The molecule has 98 valence electrons. The van der Waals surface area contributed by atoms with Crippen LogP contribution in [0, 0.1) is 0 Å². The quantitative estimate of drug-likeness (QED) is 0.583. The minimum atomic E-state index is -0.832. The Morgan fingerprint density at radius 1 is 1.26 bits per heavy atom. The summed E-state index contributed by atoms with van der Waals surface area (Å²) in [5.41, 5.74) is 6.31. The molecule has 0 aliphatic heterocycles. The number of rotatable bonds is 2. The number of thiazole rings is 1. The molecule has 0 saturated heterocycles. The lowest BCUT2D eigenvalue weighted by Crippen LogP contribution is -2.29. The second-order valence-corrected chi connectivity index (χ2v) is 4.79. The number of carbonyl (C=O) groups is 2. The Morgan fingerprint density at radius 2 is 2.00 bits per heavy atom. The average Bonchev–Trinajstić information content (AvgIpc) is 2.85. The summed E-state index contributed by atoms with van der Waals surface area (Å²) in [6, 6.07) is 4.57. The molecule has 0 fully saturated rings. The Kier molecular flexibility index (Phi) is 3.98. The molecular weight excluding hydrogens is 288 g/mol. The van der Waals surface area contributed by atoms with Crippen LogP contribution in [0.3, 0.4) is 0 Å². The van der Waals surface area contributed by atoms with Gasteiger partial charge in [-0.2, -0.15) is 0 Å². The molecule has 1 heterocycles. The molecule has 0 unspecified atom stereocenters. The van der Waals surface area contributed by atoms with Gasteiger partial charge in [0.05, 0.1) is 10.7 Å². The molecule has 0 aliphatic rings. The number of nitrogen functional groups attached to an aromatic ring is 1. The lowest BCUT2D eigenvalue weighted by molar-refractivity contribution is -0.132.